The van der Waals surface area contributed by atoms with Crippen LogP contribution >= 0.6 is 11.8 Å². The van der Waals surface area contributed by atoms with E-state index in [9.17, 15) is 13.2 Å². The summed E-state index contributed by atoms with van der Waals surface area (Å²) in [6.07, 6.45) is -1.58. The Hall–Kier alpha value is 0.0600. The predicted octanol–water partition coefficient (Wildman–Crippen LogP) is 1.91. The summed E-state index contributed by atoms with van der Waals surface area (Å²) in [6, 6.07) is 0. The van der Waals surface area contributed by atoms with E-state index in [1.807, 2.05) is 6.26 Å². The number of ether oxygens (including phenoxy) is 1. The topological polar surface area (TPSA) is 21.3 Å². The second-order valence-corrected chi connectivity index (χ2v) is 3.75. The standard InChI is InChI=1S/C8H16F3NOS/c1-14-6-4-12-3-2-5-13-7-8(9,10)11/h12H,2-7H2,1H3. The molecule has 0 spiro atoms. The Morgan fingerprint density at radius 1 is 1.29 bits per heavy atom. The highest BCUT2D eigenvalue weighted by Crippen LogP contribution is 2.14. The fourth-order valence-electron chi connectivity index (χ4n) is 0.786. The minimum atomic E-state index is -4.20. The molecule has 0 atom stereocenters. The van der Waals surface area contributed by atoms with Crippen molar-refractivity contribution in [1.82, 2.24) is 5.32 Å². The molecule has 0 saturated carbocycles. The lowest BCUT2D eigenvalue weighted by Gasteiger charge is -2.07. The average molecular weight is 231 g/mol. The molecular weight excluding hydrogens is 215 g/mol. The van der Waals surface area contributed by atoms with Crippen molar-refractivity contribution in [3.63, 3.8) is 0 Å². The predicted molar refractivity (Wildman–Crippen MR) is 52.7 cm³/mol. The molecule has 2 nitrogen and oxygen atoms in total. The Balaban J connectivity index is 2.99. The van der Waals surface area contributed by atoms with Crippen LogP contribution in [0.15, 0.2) is 0 Å². The second kappa shape index (κ2) is 8.38. The van der Waals surface area contributed by atoms with E-state index in [0.29, 0.717) is 13.0 Å². The van der Waals surface area contributed by atoms with Crippen LogP contribution in [0, 0.1) is 0 Å². The fourth-order valence-corrected chi connectivity index (χ4v) is 1.13. The molecule has 1 N–H and O–H groups in total. The van der Waals surface area contributed by atoms with Gasteiger partial charge >= 0.3 is 6.18 Å². The van der Waals surface area contributed by atoms with Crippen molar-refractivity contribution in [3.8, 4) is 0 Å². The summed E-state index contributed by atoms with van der Waals surface area (Å²) >= 11 is 1.73. The van der Waals surface area contributed by atoms with Gasteiger partial charge in [-0.05, 0) is 19.2 Å². The molecule has 0 fully saturated rings. The SMILES string of the molecule is CSCCNCCCOCC(F)(F)F. The molecule has 0 bridgehead atoms. The first-order valence-electron chi connectivity index (χ1n) is 4.40. The average Bonchev–Trinajstić information content (AvgIpc) is 2.08. The van der Waals surface area contributed by atoms with Crippen molar-refractivity contribution in [2.24, 2.45) is 0 Å². The lowest BCUT2D eigenvalue weighted by molar-refractivity contribution is -0.173. The van der Waals surface area contributed by atoms with Gasteiger partial charge in [-0.25, -0.2) is 0 Å². The summed E-state index contributed by atoms with van der Waals surface area (Å²) in [6.45, 7) is 0.614. The largest absolute Gasteiger partial charge is 0.411 e. The molecule has 0 aromatic carbocycles. The monoisotopic (exact) mass is 231 g/mol. The highest BCUT2D eigenvalue weighted by molar-refractivity contribution is 7.98. The first-order chi connectivity index (χ1) is 6.56. The van der Waals surface area contributed by atoms with E-state index in [1.54, 1.807) is 11.8 Å². The highest BCUT2D eigenvalue weighted by atomic mass is 32.2. The summed E-state index contributed by atoms with van der Waals surface area (Å²) < 4.78 is 39.2. The van der Waals surface area contributed by atoms with Gasteiger partial charge < -0.3 is 10.1 Å². The Morgan fingerprint density at radius 2 is 2.00 bits per heavy atom. The number of hydrogen-bond acceptors (Lipinski definition) is 3. The maximum atomic E-state index is 11.6. The molecule has 0 aromatic rings. The number of thioether (sulfide) groups is 1. The van der Waals surface area contributed by atoms with Crippen molar-refractivity contribution in [2.75, 3.05) is 38.3 Å². The normalized spacial score (nSPS) is 12.0. The van der Waals surface area contributed by atoms with Gasteiger partial charge in [0.25, 0.3) is 0 Å². The third-order valence-corrected chi connectivity index (χ3v) is 2.00. The van der Waals surface area contributed by atoms with E-state index in [-0.39, 0.29) is 6.61 Å². The smallest absolute Gasteiger partial charge is 0.372 e. The molecule has 0 amide bonds. The third kappa shape index (κ3) is 12.1. The summed E-state index contributed by atoms with van der Waals surface area (Å²) in [4.78, 5) is 0. The summed E-state index contributed by atoms with van der Waals surface area (Å²) in [5.41, 5.74) is 0. The Labute approximate surface area is 86.6 Å². The van der Waals surface area contributed by atoms with E-state index < -0.39 is 12.8 Å². The zero-order valence-electron chi connectivity index (χ0n) is 8.19. The molecule has 0 aromatic heterocycles. The maximum absolute atomic E-state index is 11.6. The first kappa shape index (κ1) is 14.1. The minimum Gasteiger partial charge on any atom is -0.372 e. The highest BCUT2D eigenvalue weighted by Gasteiger charge is 2.26. The van der Waals surface area contributed by atoms with Gasteiger partial charge in [0, 0.05) is 18.9 Å². The van der Waals surface area contributed by atoms with Gasteiger partial charge in [-0.15, -0.1) is 0 Å². The molecule has 0 saturated heterocycles. The quantitative estimate of drug-likeness (QED) is 0.645. The fraction of sp³-hybridized carbons (Fsp3) is 1.00. The van der Waals surface area contributed by atoms with E-state index in [0.717, 1.165) is 12.3 Å². The van der Waals surface area contributed by atoms with Gasteiger partial charge in [-0.3, -0.25) is 0 Å². The van der Waals surface area contributed by atoms with Gasteiger partial charge in [0.1, 0.15) is 6.61 Å². The van der Waals surface area contributed by atoms with Crippen LogP contribution in [0.3, 0.4) is 0 Å². The maximum Gasteiger partial charge on any atom is 0.411 e. The molecule has 14 heavy (non-hydrogen) atoms. The second-order valence-electron chi connectivity index (χ2n) is 2.76. The first-order valence-corrected chi connectivity index (χ1v) is 5.80. The van der Waals surface area contributed by atoms with Crippen molar-refractivity contribution in [3.05, 3.63) is 0 Å². The number of nitrogens with one attached hydrogen (secondary N) is 1. The summed E-state index contributed by atoms with van der Waals surface area (Å²) in [5.74, 6) is 1.02. The Bertz CT molecular complexity index is 132. The summed E-state index contributed by atoms with van der Waals surface area (Å²) in [5, 5.41) is 3.10. The lowest BCUT2D eigenvalue weighted by Crippen LogP contribution is -2.21. The van der Waals surface area contributed by atoms with Crippen LogP contribution in [-0.2, 0) is 4.74 Å². The van der Waals surface area contributed by atoms with E-state index in [2.05, 4.69) is 10.1 Å². The molecule has 0 aliphatic carbocycles. The molecule has 0 radical (unpaired) electrons. The third-order valence-electron chi connectivity index (χ3n) is 1.39. The van der Waals surface area contributed by atoms with Crippen LogP contribution in [0.4, 0.5) is 13.2 Å². The van der Waals surface area contributed by atoms with Crippen molar-refractivity contribution < 1.29 is 17.9 Å². The Kier molecular flexibility index (Phi) is 8.41. The van der Waals surface area contributed by atoms with Gasteiger partial charge in [-0.2, -0.15) is 24.9 Å². The molecule has 86 valence electrons. The van der Waals surface area contributed by atoms with Gasteiger partial charge in [-0.1, -0.05) is 0 Å². The van der Waals surface area contributed by atoms with Crippen LogP contribution in [0.2, 0.25) is 0 Å². The van der Waals surface area contributed by atoms with Gasteiger partial charge in [0.2, 0.25) is 0 Å². The van der Waals surface area contributed by atoms with Gasteiger partial charge in [0.15, 0.2) is 0 Å². The van der Waals surface area contributed by atoms with Crippen molar-refractivity contribution >= 4 is 11.8 Å². The molecular formula is C8H16F3NOS. The molecule has 0 heterocycles. The molecule has 6 heteroatoms. The lowest BCUT2D eigenvalue weighted by atomic mass is 10.4. The van der Waals surface area contributed by atoms with Crippen molar-refractivity contribution in [2.45, 2.75) is 12.6 Å². The van der Waals surface area contributed by atoms with Crippen molar-refractivity contribution in [1.29, 1.82) is 0 Å². The number of alkyl halides is 3. The van der Waals surface area contributed by atoms with Crippen LogP contribution < -0.4 is 5.32 Å². The zero-order valence-corrected chi connectivity index (χ0v) is 9.01. The molecule has 0 aliphatic rings. The van der Waals surface area contributed by atoms with Crippen LogP contribution in [0.5, 0.6) is 0 Å². The van der Waals surface area contributed by atoms with E-state index in [1.165, 1.54) is 0 Å². The van der Waals surface area contributed by atoms with Crippen LogP contribution in [-0.4, -0.2) is 44.5 Å². The minimum absolute atomic E-state index is 0.159. The van der Waals surface area contributed by atoms with E-state index >= 15 is 0 Å². The molecule has 0 rings (SSSR count). The Morgan fingerprint density at radius 3 is 2.57 bits per heavy atom. The molecule has 0 aliphatic heterocycles. The van der Waals surface area contributed by atoms with Crippen LogP contribution in [0.1, 0.15) is 6.42 Å². The number of rotatable bonds is 8. The van der Waals surface area contributed by atoms with E-state index in [4.69, 9.17) is 0 Å². The van der Waals surface area contributed by atoms with Gasteiger partial charge in [0.05, 0.1) is 0 Å². The number of hydrogen-bond donors (Lipinski definition) is 1. The van der Waals surface area contributed by atoms with Crippen LogP contribution in [0.25, 0.3) is 0 Å². The molecule has 0 unspecified atom stereocenters. The summed E-state index contributed by atoms with van der Waals surface area (Å²) in [7, 11) is 0. The number of halogens is 3. The zero-order chi connectivity index (χ0) is 10.9.